The number of hydrogen-bond donors (Lipinski definition) is 1. The summed E-state index contributed by atoms with van der Waals surface area (Å²) in [7, 11) is 0. The van der Waals surface area contributed by atoms with Crippen LogP contribution in [-0.2, 0) is 0 Å². The fourth-order valence-electron chi connectivity index (χ4n) is 2.30. The number of benzene rings is 1. The summed E-state index contributed by atoms with van der Waals surface area (Å²) >= 11 is 6.35. The molecule has 0 atom stereocenters. The standard InChI is InChI=1S/C15H17NOS2/c1-7-8(2)10(4)12(11(5)9(7)3)6-13-14(18)16-15(17)19-13/h6H,1-5H3,(H,16,17,18). The van der Waals surface area contributed by atoms with Crippen molar-refractivity contribution in [3.63, 3.8) is 0 Å². The zero-order chi connectivity index (χ0) is 14.3. The summed E-state index contributed by atoms with van der Waals surface area (Å²) in [4.78, 5) is 12.7. The van der Waals surface area contributed by atoms with E-state index in [1.54, 1.807) is 0 Å². The van der Waals surface area contributed by atoms with Gasteiger partial charge in [0.05, 0.1) is 4.91 Å². The Bertz CT molecular complexity index is 601. The maximum atomic E-state index is 11.3. The van der Waals surface area contributed by atoms with Gasteiger partial charge in [0.15, 0.2) is 0 Å². The van der Waals surface area contributed by atoms with Crippen molar-refractivity contribution in [3.05, 3.63) is 38.3 Å². The minimum atomic E-state index is -0.0906. The second-order valence-electron chi connectivity index (χ2n) is 4.89. The van der Waals surface area contributed by atoms with Gasteiger partial charge in [0.25, 0.3) is 5.24 Å². The Morgan fingerprint density at radius 1 is 0.947 bits per heavy atom. The van der Waals surface area contributed by atoms with Crippen LogP contribution >= 0.6 is 24.0 Å². The van der Waals surface area contributed by atoms with E-state index in [1.807, 2.05) is 6.08 Å². The van der Waals surface area contributed by atoms with Gasteiger partial charge in [0.1, 0.15) is 4.99 Å². The van der Waals surface area contributed by atoms with Gasteiger partial charge < -0.3 is 5.32 Å². The van der Waals surface area contributed by atoms with Crippen LogP contribution in [0.2, 0.25) is 0 Å². The van der Waals surface area contributed by atoms with Gasteiger partial charge in [-0.05, 0) is 85.8 Å². The van der Waals surface area contributed by atoms with Crippen LogP contribution in [-0.4, -0.2) is 10.2 Å². The maximum Gasteiger partial charge on any atom is 0.289 e. The molecule has 1 saturated heterocycles. The average Bonchev–Trinajstić information content (AvgIpc) is 2.68. The number of hydrogen-bond acceptors (Lipinski definition) is 3. The van der Waals surface area contributed by atoms with Crippen molar-refractivity contribution in [2.24, 2.45) is 0 Å². The summed E-state index contributed by atoms with van der Waals surface area (Å²) in [6, 6.07) is 0. The van der Waals surface area contributed by atoms with Crippen molar-refractivity contribution < 1.29 is 4.79 Å². The fourth-order valence-corrected chi connectivity index (χ4v) is 3.31. The van der Waals surface area contributed by atoms with E-state index < -0.39 is 0 Å². The lowest BCUT2D eigenvalue weighted by Crippen LogP contribution is -2.16. The van der Waals surface area contributed by atoms with Gasteiger partial charge in [0, 0.05) is 0 Å². The lowest BCUT2D eigenvalue weighted by molar-refractivity contribution is 0.265. The van der Waals surface area contributed by atoms with Crippen LogP contribution in [0.1, 0.15) is 33.4 Å². The SMILES string of the molecule is Cc1c(C)c(C)c(C=C2SC(=O)NC2=S)c(C)c1C. The van der Waals surface area contributed by atoms with Gasteiger partial charge in [0.2, 0.25) is 0 Å². The molecule has 0 unspecified atom stereocenters. The fraction of sp³-hybridized carbons (Fsp3) is 0.333. The highest BCUT2D eigenvalue weighted by atomic mass is 32.2. The molecule has 1 aromatic carbocycles. The third kappa shape index (κ3) is 2.47. The predicted octanol–water partition coefficient (Wildman–Crippen LogP) is 4.35. The lowest BCUT2D eigenvalue weighted by Gasteiger charge is -2.16. The molecule has 2 nitrogen and oxygen atoms in total. The van der Waals surface area contributed by atoms with Gasteiger partial charge >= 0.3 is 0 Å². The molecule has 4 heteroatoms. The van der Waals surface area contributed by atoms with Crippen molar-refractivity contribution in [1.29, 1.82) is 0 Å². The molecule has 19 heavy (non-hydrogen) atoms. The number of thioether (sulfide) groups is 1. The minimum absolute atomic E-state index is 0.0906. The molecule has 0 spiro atoms. The van der Waals surface area contributed by atoms with E-state index in [4.69, 9.17) is 12.2 Å². The molecule has 1 fully saturated rings. The van der Waals surface area contributed by atoms with Crippen LogP contribution in [0.4, 0.5) is 4.79 Å². The highest BCUT2D eigenvalue weighted by molar-refractivity contribution is 8.19. The van der Waals surface area contributed by atoms with E-state index in [0.717, 1.165) is 4.91 Å². The van der Waals surface area contributed by atoms with E-state index in [-0.39, 0.29) is 5.24 Å². The Hall–Kier alpha value is -1.13. The second kappa shape index (κ2) is 5.10. The molecule has 2 rings (SSSR count). The molecule has 0 bridgehead atoms. The van der Waals surface area contributed by atoms with Crippen molar-refractivity contribution in [3.8, 4) is 0 Å². The molecule has 1 N–H and O–H groups in total. The molecule has 1 aliphatic heterocycles. The van der Waals surface area contributed by atoms with Crippen LogP contribution < -0.4 is 5.32 Å². The van der Waals surface area contributed by atoms with Crippen LogP contribution in [0.25, 0.3) is 6.08 Å². The number of carbonyl (C=O) groups excluding carboxylic acids is 1. The summed E-state index contributed by atoms with van der Waals surface area (Å²) in [5, 5.41) is 2.56. The molecule has 0 radical (unpaired) electrons. The largest absolute Gasteiger partial charge is 0.307 e. The van der Waals surface area contributed by atoms with Crippen LogP contribution in [0.5, 0.6) is 0 Å². The Morgan fingerprint density at radius 3 is 1.84 bits per heavy atom. The van der Waals surface area contributed by atoms with Crippen molar-refractivity contribution in [1.82, 2.24) is 5.32 Å². The molecule has 0 aromatic heterocycles. The third-order valence-electron chi connectivity index (χ3n) is 3.98. The summed E-state index contributed by atoms with van der Waals surface area (Å²) in [5.74, 6) is 0. The van der Waals surface area contributed by atoms with Crippen LogP contribution in [0.3, 0.4) is 0 Å². The number of nitrogens with one attached hydrogen (secondary N) is 1. The van der Waals surface area contributed by atoms with Crippen LogP contribution in [0.15, 0.2) is 4.91 Å². The normalized spacial score (nSPS) is 17.2. The quantitative estimate of drug-likeness (QED) is 0.616. The Balaban J connectivity index is 2.62. The molecule has 1 heterocycles. The van der Waals surface area contributed by atoms with Gasteiger partial charge in [-0.15, -0.1) is 0 Å². The average molecular weight is 291 g/mol. The molecule has 1 aliphatic rings. The summed E-state index contributed by atoms with van der Waals surface area (Å²) < 4.78 is 0. The Morgan fingerprint density at radius 2 is 1.42 bits per heavy atom. The Labute approximate surface area is 123 Å². The summed E-state index contributed by atoms with van der Waals surface area (Å²) in [6.07, 6.45) is 2.04. The summed E-state index contributed by atoms with van der Waals surface area (Å²) in [5.41, 5.74) is 7.66. The minimum Gasteiger partial charge on any atom is -0.307 e. The molecular weight excluding hydrogens is 274 g/mol. The van der Waals surface area contributed by atoms with E-state index in [0.29, 0.717) is 4.99 Å². The van der Waals surface area contributed by atoms with Crippen LogP contribution in [0, 0.1) is 34.6 Å². The van der Waals surface area contributed by atoms with Gasteiger partial charge in [-0.25, -0.2) is 0 Å². The number of thiocarbonyl (C=S) groups is 1. The molecule has 0 aliphatic carbocycles. The van der Waals surface area contributed by atoms with Crippen molar-refractivity contribution >= 4 is 40.3 Å². The number of rotatable bonds is 1. The third-order valence-corrected chi connectivity index (χ3v) is 5.26. The zero-order valence-electron chi connectivity index (χ0n) is 11.8. The van der Waals surface area contributed by atoms with Crippen molar-refractivity contribution in [2.75, 3.05) is 0 Å². The molecule has 1 amide bonds. The predicted molar refractivity (Wildman–Crippen MR) is 86.8 cm³/mol. The highest BCUT2D eigenvalue weighted by Gasteiger charge is 2.22. The van der Waals surface area contributed by atoms with Gasteiger partial charge in [-0.2, -0.15) is 0 Å². The first kappa shape index (κ1) is 14.3. The number of amides is 1. The highest BCUT2D eigenvalue weighted by Crippen LogP contribution is 2.32. The van der Waals surface area contributed by atoms with E-state index in [9.17, 15) is 4.79 Å². The van der Waals surface area contributed by atoms with E-state index in [1.165, 1.54) is 45.1 Å². The second-order valence-corrected chi connectivity index (χ2v) is 6.31. The van der Waals surface area contributed by atoms with Crippen molar-refractivity contribution in [2.45, 2.75) is 34.6 Å². The van der Waals surface area contributed by atoms with E-state index >= 15 is 0 Å². The first-order valence-corrected chi connectivity index (χ1v) is 7.37. The van der Waals surface area contributed by atoms with E-state index in [2.05, 4.69) is 39.9 Å². The smallest absolute Gasteiger partial charge is 0.289 e. The summed E-state index contributed by atoms with van der Waals surface area (Å²) in [6.45, 7) is 10.7. The zero-order valence-corrected chi connectivity index (χ0v) is 13.4. The first-order chi connectivity index (χ1) is 8.82. The molecule has 1 aromatic rings. The first-order valence-electron chi connectivity index (χ1n) is 6.14. The molecule has 0 saturated carbocycles. The lowest BCUT2D eigenvalue weighted by atomic mass is 9.89. The molecular formula is C15H17NOS2. The molecule has 100 valence electrons. The Kier molecular flexibility index (Phi) is 3.83. The topological polar surface area (TPSA) is 29.1 Å². The van der Waals surface area contributed by atoms with Gasteiger partial charge in [-0.1, -0.05) is 12.2 Å². The van der Waals surface area contributed by atoms with Gasteiger partial charge in [-0.3, -0.25) is 4.79 Å². The maximum absolute atomic E-state index is 11.3. The monoisotopic (exact) mass is 291 g/mol. The number of carbonyl (C=O) groups is 1.